The Labute approximate surface area is 122 Å². The molecule has 0 aliphatic heterocycles. The Bertz CT molecular complexity index is 608. The van der Waals surface area contributed by atoms with Gasteiger partial charge in [-0.2, -0.15) is 11.3 Å². The quantitative estimate of drug-likeness (QED) is 0.654. The molecule has 0 bridgehead atoms. The molecule has 0 unspecified atom stereocenters. The molecule has 5 heteroatoms. The minimum Gasteiger partial charge on any atom is -0.462 e. The molecular weight excluding hydrogens is 272 g/mol. The average molecular weight is 290 g/mol. The number of anilines is 2. The first-order chi connectivity index (χ1) is 9.61. The van der Waals surface area contributed by atoms with Crippen LogP contribution in [0, 0.1) is 6.92 Å². The molecule has 2 aromatic rings. The van der Waals surface area contributed by atoms with Gasteiger partial charge in [-0.25, -0.2) is 4.79 Å². The third kappa shape index (κ3) is 3.30. The van der Waals surface area contributed by atoms with Gasteiger partial charge in [0.15, 0.2) is 0 Å². The summed E-state index contributed by atoms with van der Waals surface area (Å²) < 4.78 is 4.99. The number of carbonyl (C=O) groups is 1. The summed E-state index contributed by atoms with van der Waals surface area (Å²) in [5.41, 5.74) is 10.3. The van der Waals surface area contributed by atoms with E-state index in [1.807, 2.05) is 0 Å². The smallest absolute Gasteiger partial charge is 0.338 e. The Balaban J connectivity index is 2.12. The molecule has 0 amide bonds. The van der Waals surface area contributed by atoms with Crippen LogP contribution in [0.1, 0.15) is 28.4 Å². The van der Waals surface area contributed by atoms with E-state index in [1.54, 1.807) is 36.5 Å². The van der Waals surface area contributed by atoms with Crippen molar-refractivity contribution in [2.24, 2.45) is 0 Å². The van der Waals surface area contributed by atoms with Crippen LogP contribution >= 0.6 is 11.3 Å². The van der Waals surface area contributed by atoms with Crippen molar-refractivity contribution in [1.29, 1.82) is 0 Å². The number of carbonyl (C=O) groups excluding carboxylic acids is 1. The van der Waals surface area contributed by atoms with Crippen molar-refractivity contribution in [1.82, 2.24) is 0 Å². The largest absolute Gasteiger partial charge is 0.462 e. The van der Waals surface area contributed by atoms with E-state index in [1.165, 1.54) is 11.1 Å². The number of nitrogens with one attached hydrogen (secondary N) is 1. The summed E-state index contributed by atoms with van der Waals surface area (Å²) in [5.74, 6) is -0.331. The van der Waals surface area contributed by atoms with Gasteiger partial charge in [0.1, 0.15) is 0 Å². The van der Waals surface area contributed by atoms with E-state index in [2.05, 4.69) is 23.0 Å². The molecule has 0 saturated carbocycles. The Morgan fingerprint density at radius 1 is 1.40 bits per heavy atom. The first-order valence-corrected chi connectivity index (χ1v) is 7.38. The molecule has 0 saturated heterocycles. The molecule has 1 aromatic carbocycles. The summed E-state index contributed by atoms with van der Waals surface area (Å²) in [6.07, 6.45) is 0. The lowest BCUT2D eigenvalue weighted by Gasteiger charge is -2.11. The van der Waals surface area contributed by atoms with E-state index in [4.69, 9.17) is 10.5 Å². The van der Waals surface area contributed by atoms with Gasteiger partial charge in [0.05, 0.1) is 23.5 Å². The Kier molecular flexibility index (Phi) is 4.63. The van der Waals surface area contributed by atoms with E-state index in [-0.39, 0.29) is 5.97 Å². The van der Waals surface area contributed by atoms with Crippen LogP contribution in [-0.4, -0.2) is 12.6 Å². The molecule has 0 radical (unpaired) electrons. The SMILES string of the molecule is CCOC(=O)c1ccc(N)c(NCc2cscc2C)c1. The summed E-state index contributed by atoms with van der Waals surface area (Å²) in [5, 5.41) is 7.48. The highest BCUT2D eigenvalue weighted by Crippen LogP contribution is 2.22. The van der Waals surface area contributed by atoms with Crippen molar-refractivity contribution in [3.05, 3.63) is 45.6 Å². The third-order valence-corrected chi connectivity index (χ3v) is 3.91. The number of thiophene rings is 1. The van der Waals surface area contributed by atoms with Crippen LogP contribution in [0.25, 0.3) is 0 Å². The fourth-order valence-electron chi connectivity index (χ4n) is 1.81. The molecule has 2 rings (SSSR count). The van der Waals surface area contributed by atoms with Gasteiger partial charge in [-0.1, -0.05) is 0 Å². The highest BCUT2D eigenvalue weighted by Gasteiger charge is 2.09. The second-order valence-corrected chi connectivity index (χ2v) is 5.20. The average Bonchev–Trinajstić information content (AvgIpc) is 2.83. The number of nitrogens with two attached hydrogens (primary N) is 1. The normalized spacial score (nSPS) is 10.3. The molecule has 3 N–H and O–H groups in total. The summed E-state index contributed by atoms with van der Waals surface area (Å²) in [4.78, 5) is 11.7. The van der Waals surface area contributed by atoms with Crippen LogP contribution in [0.2, 0.25) is 0 Å². The molecule has 0 spiro atoms. The van der Waals surface area contributed by atoms with Crippen molar-refractivity contribution >= 4 is 28.7 Å². The minimum atomic E-state index is -0.331. The first kappa shape index (κ1) is 14.4. The molecule has 20 heavy (non-hydrogen) atoms. The number of nitrogen functional groups attached to an aromatic ring is 1. The van der Waals surface area contributed by atoms with E-state index in [0.717, 1.165) is 5.69 Å². The number of hydrogen-bond acceptors (Lipinski definition) is 5. The number of hydrogen-bond donors (Lipinski definition) is 2. The maximum absolute atomic E-state index is 11.7. The zero-order valence-electron chi connectivity index (χ0n) is 11.6. The van der Waals surface area contributed by atoms with Crippen molar-refractivity contribution in [3.8, 4) is 0 Å². The maximum atomic E-state index is 11.7. The lowest BCUT2D eigenvalue weighted by Crippen LogP contribution is -2.08. The zero-order chi connectivity index (χ0) is 14.5. The van der Waals surface area contributed by atoms with Crippen molar-refractivity contribution in [2.45, 2.75) is 20.4 Å². The fraction of sp³-hybridized carbons (Fsp3) is 0.267. The molecule has 1 aromatic heterocycles. The molecule has 106 valence electrons. The Morgan fingerprint density at radius 2 is 2.20 bits per heavy atom. The Hall–Kier alpha value is -2.01. The standard InChI is InChI=1S/C15H18N2O2S/c1-3-19-15(18)11-4-5-13(16)14(6-11)17-7-12-9-20-8-10(12)2/h4-6,8-9,17H,3,7,16H2,1-2H3. The van der Waals surface area contributed by atoms with Crippen LogP contribution < -0.4 is 11.1 Å². The van der Waals surface area contributed by atoms with Crippen molar-refractivity contribution < 1.29 is 9.53 Å². The van der Waals surface area contributed by atoms with Crippen LogP contribution in [0.4, 0.5) is 11.4 Å². The lowest BCUT2D eigenvalue weighted by molar-refractivity contribution is 0.0526. The monoisotopic (exact) mass is 290 g/mol. The molecule has 0 aliphatic rings. The first-order valence-electron chi connectivity index (χ1n) is 6.44. The number of ether oxygens (including phenoxy) is 1. The van der Waals surface area contributed by atoms with Crippen LogP contribution in [-0.2, 0) is 11.3 Å². The van der Waals surface area contributed by atoms with Gasteiger partial charge in [0.2, 0.25) is 0 Å². The van der Waals surface area contributed by atoms with E-state index >= 15 is 0 Å². The fourth-order valence-corrected chi connectivity index (χ4v) is 2.67. The summed E-state index contributed by atoms with van der Waals surface area (Å²) in [6.45, 7) is 4.91. The number of rotatable bonds is 5. The van der Waals surface area contributed by atoms with Crippen molar-refractivity contribution in [3.63, 3.8) is 0 Å². The predicted molar refractivity (Wildman–Crippen MR) is 83.2 cm³/mol. The molecule has 0 atom stereocenters. The lowest BCUT2D eigenvalue weighted by atomic mass is 10.1. The maximum Gasteiger partial charge on any atom is 0.338 e. The molecule has 1 heterocycles. The number of aryl methyl sites for hydroxylation is 1. The van der Waals surface area contributed by atoms with Gasteiger partial charge >= 0.3 is 5.97 Å². The van der Waals surface area contributed by atoms with Gasteiger partial charge in [-0.3, -0.25) is 0 Å². The molecule has 4 nitrogen and oxygen atoms in total. The highest BCUT2D eigenvalue weighted by molar-refractivity contribution is 7.08. The second kappa shape index (κ2) is 6.43. The Morgan fingerprint density at radius 3 is 2.85 bits per heavy atom. The summed E-state index contributed by atoms with van der Waals surface area (Å²) in [6, 6.07) is 5.12. The van der Waals surface area contributed by atoms with Gasteiger partial charge in [-0.15, -0.1) is 0 Å². The number of esters is 1. The molecular formula is C15H18N2O2S. The topological polar surface area (TPSA) is 64.3 Å². The van der Waals surface area contributed by atoms with Gasteiger partial charge in [-0.05, 0) is 53.9 Å². The second-order valence-electron chi connectivity index (χ2n) is 4.46. The summed E-state index contributed by atoms with van der Waals surface area (Å²) in [7, 11) is 0. The highest BCUT2D eigenvalue weighted by atomic mass is 32.1. The van der Waals surface area contributed by atoms with Gasteiger partial charge < -0.3 is 15.8 Å². The molecule has 0 aliphatic carbocycles. The minimum absolute atomic E-state index is 0.331. The molecule has 0 fully saturated rings. The van der Waals surface area contributed by atoms with Crippen LogP contribution in [0.15, 0.2) is 29.0 Å². The number of benzene rings is 1. The van der Waals surface area contributed by atoms with Gasteiger partial charge in [0, 0.05) is 6.54 Å². The van der Waals surface area contributed by atoms with Crippen molar-refractivity contribution in [2.75, 3.05) is 17.7 Å². The predicted octanol–water partition coefficient (Wildman–Crippen LogP) is 3.43. The van der Waals surface area contributed by atoms with Crippen LogP contribution in [0.3, 0.4) is 0 Å². The van der Waals surface area contributed by atoms with E-state index in [0.29, 0.717) is 24.4 Å². The van der Waals surface area contributed by atoms with Crippen LogP contribution in [0.5, 0.6) is 0 Å². The summed E-state index contributed by atoms with van der Waals surface area (Å²) >= 11 is 1.67. The van der Waals surface area contributed by atoms with E-state index in [9.17, 15) is 4.79 Å². The van der Waals surface area contributed by atoms with E-state index < -0.39 is 0 Å². The van der Waals surface area contributed by atoms with Gasteiger partial charge in [0.25, 0.3) is 0 Å². The zero-order valence-corrected chi connectivity index (χ0v) is 12.4. The third-order valence-electron chi connectivity index (χ3n) is 3.00.